The second-order valence-corrected chi connectivity index (χ2v) is 8.04. The van der Waals surface area contributed by atoms with Gasteiger partial charge in [0.25, 0.3) is 0 Å². The van der Waals surface area contributed by atoms with Crippen molar-refractivity contribution in [1.82, 2.24) is 19.9 Å². The van der Waals surface area contributed by atoms with E-state index in [1.807, 2.05) is 30.3 Å². The third-order valence-electron chi connectivity index (χ3n) is 5.64. The van der Waals surface area contributed by atoms with E-state index < -0.39 is 34.6 Å². The van der Waals surface area contributed by atoms with Crippen molar-refractivity contribution < 1.29 is 41.4 Å². The molecule has 2 N–H and O–H groups in total. The molecule has 8 bridgehead atoms. The van der Waals surface area contributed by atoms with Gasteiger partial charge in [-0.25, -0.2) is 31.9 Å². The number of nitrogens with one attached hydrogen (secondary N) is 2. The summed E-state index contributed by atoms with van der Waals surface area (Å²) < 4.78 is 70.9. The van der Waals surface area contributed by atoms with Crippen molar-refractivity contribution in [1.29, 1.82) is 0 Å². The predicted octanol–water partition coefficient (Wildman–Crippen LogP) is 6.77. The minimum atomic E-state index is -2.22. The molecule has 4 aromatic rings. The van der Waals surface area contributed by atoms with Crippen molar-refractivity contribution in [3.8, 4) is 0 Å². The van der Waals surface area contributed by atoms with Crippen LogP contribution in [0.1, 0.15) is 28.3 Å². The number of H-pyrrole nitrogens is 2. The first-order valence-corrected chi connectivity index (χ1v) is 10.5. The second kappa shape index (κ2) is 8.95. The summed E-state index contributed by atoms with van der Waals surface area (Å²) in [6, 6.07) is 14.2. The molecular formula is C26H13F5N4Zn+2. The van der Waals surface area contributed by atoms with Gasteiger partial charge in [-0.2, -0.15) is 0 Å². The van der Waals surface area contributed by atoms with E-state index in [-0.39, 0.29) is 36.4 Å². The molecule has 3 aromatic heterocycles. The molecule has 4 nitrogen and oxygen atoms in total. The fourth-order valence-corrected chi connectivity index (χ4v) is 4.06. The van der Waals surface area contributed by atoms with Crippen LogP contribution in [-0.2, 0) is 19.5 Å². The first kappa shape index (κ1) is 23.8. The maximum atomic E-state index is 14.7. The van der Waals surface area contributed by atoms with Crippen LogP contribution in [0, 0.1) is 29.1 Å². The van der Waals surface area contributed by atoms with Crippen LogP contribution in [-0.4, -0.2) is 19.9 Å². The Morgan fingerprint density at radius 2 is 1.00 bits per heavy atom. The molecule has 0 unspecified atom stereocenters. The minimum Gasteiger partial charge on any atom is -0.355 e. The summed E-state index contributed by atoms with van der Waals surface area (Å²) in [6.07, 6.45) is 4.68. The maximum Gasteiger partial charge on any atom is 2.00 e. The molecule has 0 saturated heterocycles. The van der Waals surface area contributed by atoms with Gasteiger partial charge in [0.15, 0.2) is 23.3 Å². The first-order valence-electron chi connectivity index (χ1n) is 10.5. The summed E-state index contributed by atoms with van der Waals surface area (Å²) in [5.74, 6) is -10.1. The van der Waals surface area contributed by atoms with E-state index >= 15 is 0 Å². The summed E-state index contributed by atoms with van der Waals surface area (Å²) in [4.78, 5) is 15.3. The van der Waals surface area contributed by atoms with Crippen LogP contribution in [0.25, 0.3) is 45.9 Å². The van der Waals surface area contributed by atoms with E-state index in [9.17, 15) is 22.0 Å². The molecule has 0 fully saturated rings. The Morgan fingerprint density at radius 1 is 0.528 bits per heavy atom. The summed E-state index contributed by atoms with van der Waals surface area (Å²) in [7, 11) is 0. The van der Waals surface area contributed by atoms with Gasteiger partial charge in [-0.3, -0.25) is 0 Å². The van der Waals surface area contributed by atoms with Crippen LogP contribution in [0.3, 0.4) is 0 Å². The van der Waals surface area contributed by atoms with Gasteiger partial charge < -0.3 is 9.97 Å². The van der Waals surface area contributed by atoms with E-state index in [2.05, 4.69) is 19.9 Å². The van der Waals surface area contributed by atoms with E-state index in [1.54, 1.807) is 24.3 Å². The average Bonchev–Trinajstić information content (AvgIpc) is 3.62. The molecular weight excluding hydrogens is 529 g/mol. The van der Waals surface area contributed by atoms with Crippen molar-refractivity contribution in [3.63, 3.8) is 0 Å². The Hall–Kier alpha value is -3.91. The largest absolute Gasteiger partial charge is 2.00 e. The molecule has 2 aliphatic heterocycles. The third kappa shape index (κ3) is 4.07. The fraction of sp³-hybridized carbons (Fsp3) is 0. The van der Waals surface area contributed by atoms with Crippen molar-refractivity contribution in [2.75, 3.05) is 0 Å². The topological polar surface area (TPSA) is 57.4 Å². The smallest absolute Gasteiger partial charge is 0.355 e. The van der Waals surface area contributed by atoms with Crippen LogP contribution >= 0.6 is 0 Å². The Labute approximate surface area is 213 Å². The van der Waals surface area contributed by atoms with Crippen LogP contribution < -0.4 is 0 Å². The van der Waals surface area contributed by atoms with Gasteiger partial charge in [0, 0.05) is 27.6 Å². The number of hydrogen-bond acceptors (Lipinski definition) is 2. The van der Waals surface area contributed by atoms with E-state index in [0.717, 1.165) is 16.6 Å². The third-order valence-corrected chi connectivity index (χ3v) is 5.64. The van der Waals surface area contributed by atoms with Crippen LogP contribution in [0.15, 0.2) is 48.5 Å². The molecule has 5 heterocycles. The number of benzene rings is 1. The average molecular weight is 542 g/mol. The summed E-state index contributed by atoms with van der Waals surface area (Å²) in [5.41, 5.74) is 3.07. The van der Waals surface area contributed by atoms with Crippen molar-refractivity contribution in [2.45, 2.75) is 0 Å². The number of aromatic nitrogens is 4. The molecule has 1 aromatic carbocycles. The molecule has 6 rings (SSSR count). The monoisotopic (exact) mass is 540 g/mol. The SMILES string of the molecule is Fc1c(F)c(F)c(C2=Cc3cc4ccc(cc5ccc(cc6nc(cc2n3)C=C6)[nH]5)[nH]4)c(F)c1F.[Zn+2]. The minimum absolute atomic E-state index is 0. The van der Waals surface area contributed by atoms with Crippen molar-refractivity contribution in [2.24, 2.45) is 0 Å². The Bertz CT molecular complexity index is 1740. The number of fused-ring (bicyclic) bond motifs is 8. The van der Waals surface area contributed by atoms with E-state index in [1.165, 1.54) is 12.1 Å². The summed E-state index contributed by atoms with van der Waals surface area (Å²) in [6.45, 7) is 0. The molecule has 0 atom stereocenters. The Balaban J connectivity index is 0.00000267. The van der Waals surface area contributed by atoms with Crippen LogP contribution in [0.2, 0.25) is 0 Å². The molecule has 0 spiro atoms. The van der Waals surface area contributed by atoms with Crippen molar-refractivity contribution in [3.05, 3.63) is 106 Å². The fourth-order valence-electron chi connectivity index (χ4n) is 4.06. The number of nitrogens with zero attached hydrogens (tertiary/aromatic N) is 2. The van der Waals surface area contributed by atoms with E-state index in [4.69, 9.17) is 0 Å². The normalized spacial score (nSPS) is 12.4. The van der Waals surface area contributed by atoms with Gasteiger partial charge >= 0.3 is 19.5 Å². The Morgan fingerprint density at radius 3 is 1.58 bits per heavy atom. The van der Waals surface area contributed by atoms with Gasteiger partial charge in [0.2, 0.25) is 5.82 Å². The molecule has 0 aliphatic carbocycles. The van der Waals surface area contributed by atoms with Gasteiger partial charge in [-0.05, 0) is 66.8 Å². The zero-order valence-corrected chi connectivity index (χ0v) is 21.3. The molecule has 10 heteroatoms. The van der Waals surface area contributed by atoms with Gasteiger partial charge in [-0.1, -0.05) is 0 Å². The number of aromatic amines is 2. The molecule has 0 radical (unpaired) electrons. The molecule has 172 valence electrons. The number of halogens is 5. The first-order chi connectivity index (χ1) is 16.9. The summed E-state index contributed by atoms with van der Waals surface area (Å²) in [5, 5.41) is 0. The quantitative estimate of drug-likeness (QED) is 0.104. The zero-order valence-electron chi connectivity index (χ0n) is 18.3. The van der Waals surface area contributed by atoms with Crippen molar-refractivity contribution >= 4 is 45.9 Å². The van der Waals surface area contributed by atoms with Gasteiger partial charge in [0.1, 0.15) is 0 Å². The molecule has 0 saturated carbocycles. The van der Waals surface area contributed by atoms with Crippen LogP contribution in [0.5, 0.6) is 0 Å². The Kier molecular flexibility index (Phi) is 5.92. The summed E-state index contributed by atoms with van der Waals surface area (Å²) >= 11 is 0. The zero-order chi connectivity index (χ0) is 24.3. The molecule has 0 amide bonds. The van der Waals surface area contributed by atoms with E-state index in [0.29, 0.717) is 16.9 Å². The maximum absolute atomic E-state index is 14.7. The standard InChI is InChI=1S/C26H13F5N4.Zn/c27-22-21(23(28)25(30)26(31)24(22)29)19-10-18-9-16-4-3-14(33-16)7-12-1-2-13(32-12)8-15-5-6-17(34-15)11-20(19)35-18;/h1-11,32-33H;/q;+2. The number of hydrogen-bond donors (Lipinski definition) is 2. The van der Waals surface area contributed by atoms with Gasteiger partial charge in [0.05, 0.1) is 28.3 Å². The van der Waals surface area contributed by atoms with Crippen LogP contribution in [0.4, 0.5) is 22.0 Å². The predicted molar refractivity (Wildman–Crippen MR) is 123 cm³/mol. The number of rotatable bonds is 1. The molecule has 36 heavy (non-hydrogen) atoms. The van der Waals surface area contributed by atoms with Gasteiger partial charge in [-0.15, -0.1) is 0 Å². The second-order valence-electron chi connectivity index (χ2n) is 8.04. The molecule has 2 aliphatic rings.